The van der Waals surface area contributed by atoms with Crippen LogP contribution in [0, 0.1) is 0 Å². The Morgan fingerprint density at radius 2 is 1.72 bits per heavy atom. The molecule has 0 radical (unpaired) electrons. The summed E-state index contributed by atoms with van der Waals surface area (Å²) in [4.78, 5) is 12.6. The monoisotopic (exact) mass is 400 g/mol. The number of benzene rings is 1. The summed E-state index contributed by atoms with van der Waals surface area (Å²) < 4.78 is 6.33. The van der Waals surface area contributed by atoms with Gasteiger partial charge in [-0.25, -0.2) is 15.0 Å². The summed E-state index contributed by atoms with van der Waals surface area (Å²) >= 11 is 3.35. The fourth-order valence-electron chi connectivity index (χ4n) is 2.10. The number of ether oxygens (including phenoxy) is 1. The van der Waals surface area contributed by atoms with Crippen molar-refractivity contribution in [3.63, 3.8) is 0 Å². The van der Waals surface area contributed by atoms with E-state index in [9.17, 15) is 0 Å². The summed E-state index contributed by atoms with van der Waals surface area (Å²) in [6, 6.07) is 11.3. The number of hydrogen-bond acceptors (Lipinski definition) is 7. The minimum absolute atomic E-state index is 0.404. The number of nitrogens with two attached hydrogens (primary N) is 1. The lowest BCUT2D eigenvalue weighted by Gasteiger charge is -2.12. The molecule has 8 heteroatoms. The van der Waals surface area contributed by atoms with Gasteiger partial charge < -0.3 is 21.1 Å². The topological polar surface area (TPSA) is 98.0 Å². The van der Waals surface area contributed by atoms with Gasteiger partial charge in [0.1, 0.15) is 23.6 Å². The average molecular weight is 401 g/mol. The Labute approximate surface area is 153 Å². The van der Waals surface area contributed by atoms with Crippen LogP contribution in [0.4, 0.5) is 28.8 Å². The Bertz CT molecular complexity index is 839. The smallest absolute Gasteiger partial charge is 0.160 e. The highest BCUT2D eigenvalue weighted by Gasteiger charge is 2.09. The molecule has 2 aromatic heterocycles. The zero-order valence-electron chi connectivity index (χ0n) is 13.5. The molecule has 0 unspecified atom stereocenters. The van der Waals surface area contributed by atoms with E-state index in [1.807, 2.05) is 43.3 Å². The zero-order chi connectivity index (χ0) is 17.6. The van der Waals surface area contributed by atoms with Gasteiger partial charge in [-0.05, 0) is 59.3 Å². The predicted octanol–water partition coefficient (Wildman–Crippen LogP) is 4.10. The molecule has 0 saturated heterocycles. The largest absolute Gasteiger partial charge is 0.494 e. The number of anilines is 5. The van der Waals surface area contributed by atoms with Crippen LogP contribution in [0.3, 0.4) is 0 Å². The molecular weight excluding hydrogens is 384 g/mol. The highest BCUT2D eigenvalue weighted by molar-refractivity contribution is 9.10. The molecule has 3 rings (SSSR count). The second kappa shape index (κ2) is 7.80. The summed E-state index contributed by atoms with van der Waals surface area (Å²) in [5, 5.41) is 6.26. The number of rotatable bonds is 6. The molecule has 7 nitrogen and oxygen atoms in total. The van der Waals surface area contributed by atoms with Crippen LogP contribution < -0.4 is 21.1 Å². The summed E-state index contributed by atoms with van der Waals surface area (Å²) in [5.74, 6) is 2.45. The van der Waals surface area contributed by atoms with Crippen molar-refractivity contribution in [1.82, 2.24) is 15.0 Å². The van der Waals surface area contributed by atoms with Crippen LogP contribution in [0.15, 0.2) is 53.4 Å². The molecular formula is C17H17BrN6O. The molecule has 0 aliphatic rings. The lowest BCUT2D eigenvalue weighted by Crippen LogP contribution is -2.05. The highest BCUT2D eigenvalue weighted by atomic mass is 79.9. The first kappa shape index (κ1) is 17.0. The zero-order valence-corrected chi connectivity index (χ0v) is 15.1. The second-order valence-electron chi connectivity index (χ2n) is 5.05. The van der Waals surface area contributed by atoms with Gasteiger partial charge in [-0.1, -0.05) is 0 Å². The van der Waals surface area contributed by atoms with E-state index < -0.39 is 0 Å². The molecule has 0 fully saturated rings. The van der Waals surface area contributed by atoms with Gasteiger partial charge in [0.25, 0.3) is 0 Å². The number of aromatic nitrogens is 3. The molecule has 128 valence electrons. The van der Waals surface area contributed by atoms with Crippen LogP contribution in [-0.4, -0.2) is 21.6 Å². The van der Waals surface area contributed by atoms with Crippen LogP contribution in [0.1, 0.15) is 6.92 Å². The average Bonchev–Trinajstić information content (AvgIpc) is 2.62. The van der Waals surface area contributed by atoms with E-state index in [1.165, 1.54) is 6.33 Å². The first-order valence-electron chi connectivity index (χ1n) is 7.64. The van der Waals surface area contributed by atoms with Gasteiger partial charge in [0.2, 0.25) is 0 Å². The quantitative estimate of drug-likeness (QED) is 0.572. The van der Waals surface area contributed by atoms with Gasteiger partial charge >= 0.3 is 0 Å². The maximum absolute atomic E-state index is 6.17. The normalized spacial score (nSPS) is 10.3. The Morgan fingerprint density at radius 1 is 1.00 bits per heavy atom. The SMILES string of the molecule is CCOc1ccc(Nc2ncnc(Nc3ccc(Br)cn3)c2N)cc1. The Morgan fingerprint density at radius 3 is 2.36 bits per heavy atom. The molecule has 0 aliphatic carbocycles. The summed E-state index contributed by atoms with van der Waals surface area (Å²) in [7, 11) is 0. The maximum Gasteiger partial charge on any atom is 0.160 e. The Kier molecular flexibility index (Phi) is 5.30. The summed E-state index contributed by atoms with van der Waals surface area (Å²) in [5.41, 5.74) is 7.43. The molecule has 2 heterocycles. The van der Waals surface area contributed by atoms with Crippen molar-refractivity contribution in [3.8, 4) is 5.75 Å². The van der Waals surface area contributed by atoms with Crippen LogP contribution in [0.25, 0.3) is 0 Å². The molecule has 0 saturated carbocycles. The van der Waals surface area contributed by atoms with E-state index in [2.05, 4.69) is 41.5 Å². The number of halogens is 1. The summed E-state index contributed by atoms with van der Waals surface area (Å²) in [6.45, 7) is 2.58. The van der Waals surface area contributed by atoms with Crippen LogP contribution in [0.5, 0.6) is 5.75 Å². The van der Waals surface area contributed by atoms with Crippen molar-refractivity contribution < 1.29 is 4.74 Å². The summed E-state index contributed by atoms with van der Waals surface area (Å²) in [6.07, 6.45) is 3.13. The standard InChI is InChI=1S/C17H17BrN6O/c1-2-25-13-6-4-12(5-7-13)23-16-15(19)17(22-10-21-16)24-14-8-3-11(18)9-20-14/h3-10H,2,19H2,1H3,(H2,20,21,22,23,24). The predicted molar refractivity (Wildman–Crippen MR) is 103 cm³/mol. The molecule has 3 aromatic rings. The van der Waals surface area contributed by atoms with Crippen molar-refractivity contribution in [2.24, 2.45) is 0 Å². The van der Waals surface area contributed by atoms with Crippen molar-refractivity contribution in [3.05, 3.63) is 53.4 Å². The van der Waals surface area contributed by atoms with Crippen molar-refractivity contribution in [2.45, 2.75) is 6.92 Å². The lowest BCUT2D eigenvalue weighted by molar-refractivity contribution is 0.340. The number of pyridine rings is 1. The molecule has 0 bridgehead atoms. The van der Waals surface area contributed by atoms with Crippen LogP contribution in [0.2, 0.25) is 0 Å². The van der Waals surface area contributed by atoms with Gasteiger partial charge in [0.15, 0.2) is 11.6 Å². The molecule has 25 heavy (non-hydrogen) atoms. The second-order valence-corrected chi connectivity index (χ2v) is 5.97. The number of nitrogen functional groups attached to an aromatic ring is 1. The molecule has 0 atom stereocenters. The minimum Gasteiger partial charge on any atom is -0.494 e. The first-order chi connectivity index (χ1) is 12.2. The molecule has 0 aliphatic heterocycles. The van der Waals surface area contributed by atoms with Gasteiger partial charge in [0.05, 0.1) is 6.61 Å². The molecule has 4 N–H and O–H groups in total. The van der Waals surface area contributed by atoms with E-state index in [-0.39, 0.29) is 0 Å². The van der Waals surface area contributed by atoms with Crippen molar-refractivity contribution >= 4 is 44.8 Å². The Balaban J connectivity index is 1.77. The molecule has 0 amide bonds. The number of nitrogens with one attached hydrogen (secondary N) is 2. The third-order valence-electron chi connectivity index (χ3n) is 3.29. The van der Waals surface area contributed by atoms with Gasteiger partial charge in [-0.3, -0.25) is 0 Å². The van der Waals surface area contributed by atoms with Crippen LogP contribution in [-0.2, 0) is 0 Å². The number of hydrogen-bond donors (Lipinski definition) is 3. The molecule has 0 spiro atoms. The van der Waals surface area contributed by atoms with Gasteiger partial charge in [0, 0.05) is 16.4 Å². The van der Waals surface area contributed by atoms with Crippen molar-refractivity contribution in [1.29, 1.82) is 0 Å². The minimum atomic E-state index is 0.404. The third-order valence-corrected chi connectivity index (χ3v) is 3.75. The van der Waals surface area contributed by atoms with Crippen molar-refractivity contribution in [2.75, 3.05) is 23.0 Å². The van der Waals surface area contributed by atoms with E-state index in [4.69, 9.17) is 10.5 Å². The van der Waals surface area contributed by atoms with E-state index in [0.29, 0.717) is 29.7 Å². The first-order valence-corrected chi connectivity index (χ1v) is 8.44. The fourth-order valence-corrected chi connectivity index (χ4v) is 2.34. The van der Waals surface area contributed by atoms with E-state index in [1.54, 1.807) is 6.20 Å². The van der Waals surface area contributed by atoms with Crippen LogP contribution >= 0.6 is 15.9 Å². The molecule has 1 aromatic carbocycles. The third kappa shape index (κ3) is 4.36. The van der Waals surface area contributed by atoms with E-state index in [0.717, 1.165) is 15.9 Å². The van der Waals surface area contributed by atoms with E-state index >= 15 is 0 Å². The van der Waals surface area contributed by atoms with Gasteiger partial charge in [-0.15, -0.1) is 0 Å². The number of nitrogens with zero attached hydrogens (tertiary/aromatic N) is 3. The highest BCUT2D eigenvalue weighted by Crippen LogP contribution is 2.28. The Hall–Kier alpha value is -2.87. The lowest BCUT2D eigenvalue weighted by atomic mass is 10.3. The van der Waals surface area contributed by atoms with Gasteiger partial charge in [-0.2, -0.15) is 0 Å². The maximum atomic E-state index is 6.17. The fraction of sp³-hybridized carbons (Fsp3) is 0.118.